The summed E-state index contributed by atoms with van der Waals surface area (Å²) in [4.78, 5) is 4.41. The van der Waals surface area contributed by atoms with Crippen LogP contribution in [-0.4, -0.2) is 0 Å². The van der Waals surface area contributed by atoms with Crippen LogP contribution in [-0.2, 0) is 5.41 Å². The monoisotopic (exact) mass is 765 g/mol. The van der Waals surface area contributed by atoms with Crippen molar-refractivity contribution in [3.05, 3.63) is 241 Å². The van der Waals surface area contributed by atoms with E-state index in [1.807, 2.05) is 48.5 Å². The molecular weight excluding hydrogens is 713 g/mol. The molecule has 0 spiro atoms. The molecule has 0 fully saturated rings. The van der Waals surface area contributed by atoms with E-state index in [0.29, 0.717) is 5.56 Å². The molecule has 0 atom stereocenters. The first-order valence-electron chi connectivity index (χ1n) is 24.2. The Kier molecular flexibility index (Phi) is 7.00. The average Bonchev–Trinajstić information content (AvgIpc) is 3.60. The molecule has 9 aromatic carbocycles. The highest BCUT2D eigenvalue weighted by atomic mass is 15.1. The van der Waals surface area contributed by atoms with Crippen LogP contribution in [0.5, 0.6) is 0 Å². The predicted molar refractivity (Wildman–Crippen MR) is 250 cm³/mol. The summed E-state index contributed by atoms with van der Waals surface area (Å²) in [6.07, 6.45) is 0. The first-order valence-corrected chi connectivity index (χ1v) is 19.7. The Morgan fingerprint density at radius 2 is 0.695 bits per heavy atom. The van der Waals surface area contributed by atoms with Gasteiger partial charge in [-0.05, 0) is 128 Å². The van der Waals surface area contributed by atoms with Gasteiger partial charge in [0.05, 0.1) is 12.3 Å². The predicted octanol–water partition coefficient (Wildman–Crippen LogP) is 15.9. The summed E-state index contributed by atoms with van der Waals surface area (Å²) < 4.78 is 76.8. The van der Waals surface area contributed by atoms with Crippen LogP contribution < -0.4 is 9.80 Å². The van der Waals surface area contributed by atoms with E-state index in [1.165, 1.54) is 22.3 Å². The van der Waals surface area contributed by atoms with Gasteiger partial charge in [0.25, 0.3) is 0 Å². The van der Waals surface area contributed by atoms with Crippen molar-refractivity contribution in [2.24, 2.45) is 0 Å². The highest BCUT2D eigenvalue weighted by Crippen LogP contribution is 2.50. The van der Waals surface area contributed by atoms with E-state index in [1.54, 1.807) is 12.1 Å². The highest BCUT2D eigenvalue weighted by Gasteiger charge is 2.35. The molecule has 0 N–H and O–H groups in total. The van der Waals surface area contributed by atoms with Gasteiger partial charge in [-0.3, -0.25) is 0 Å². The molecule has 1 aliphatic rings. The van der Waals surface area contributed by atoms with Gasteiger partial charge in [-0.25, -0.2) is 0 Å². The molecule has 0 bridgehead atoms. The fourth-order valence-electron chi connectivity index (χ4n) is 8.22. The maximum atomic E-state index is 8.96. The topological polar surface area (TPSA) is 6.48 Å². The van der Waals surface area contributed by atoms with Gasteiger partial charge in [-0.2, -0.15) is 0 Å². The van der Waals surface area contributed by atoms with Crippen LogP contribution in [0.25, 0.3) is 44.5 Å². The summed E-state index contributed by atoms with van der Waals surface area (Å²) in [6.45, 7) is 4.61. The Bertz CT molecular complexity index is 3340. The first-order chi connectivity index (χ1) is 32.8. The molecule has 0 amide bonds. The third-order valence-corrected chi connectivity index (χ3v) is 11.2. The molecule has 59 heavy (non-hydrogen) atoms. The van der Waals surface area contributed by atoms with Crippen molar-refractivity contribution < 1.29 is 12.3 Å². The van der Waals surface area contributed by atoms with Crippen molar-refractivity contribution in [3.63, 3.8) is 0 Å². The smallest absolute Gasteiger partial charge is 0.0629 e. The first kappa shape index (κ1) is 27.3. The van der Waals surface area contributed by atoms with Crippen molar-refractivity contribution in [2.45, 2.75) is 19.3 Å². The Morgan fingerprint density at radius 3 is 1.22 bits per heavy atom. The van der Waals surface area contributed by atoms with Gasteiger partial charge in [-0.1, -0.05) is 171 Å². The van der Waals surface area contributed by atoms with Crippen molar-refractivity contribution in [3.8, 4) is 44.5 Å². The van der Waals surface area contributed by atoms with Crippen LogP contribution in [0.15, 0.2) is 230 Å². The second-order valence-electron chi connectivity index (χ2n) is 15.1. The van der Waals surface area contributed by atoms with Crippen LogP contribution in [0.4, 0.5) is 34.1 Å². The average molecular weight is 766 g/mol. The second-order valence-corrected chi connectivity index (χ2v) is 15.1. The zero-order valence-corrected chi connectivity index (χ0v) is 32.6. The molecule has 0 unspecified atom stereocenters. The summed E-state index contributed by atoms with van der Waals surface area (Å²) >= 11 is 0. The molecule has 0 saturated carbocycles. The van der Waals surface area contributed by atoms with E-state index in [2.05, 4.69) is 139 Å². The molecule has 0 aromatic heterocycles. The Hall–Kier alpha value is -7.42. The van der Waals surface area contributed by atoms with E-state index in [-0.39, 0.29) is 34.2 Å². The Balaban J connectivity index is 0.957. The van der Waals surface area contributed by atoms with E-state index in [4.69, 9.17) is 12.3 Å². The number of benzene rings is 9. The van der Waals surface area contributed by atoms with Crippen LogP contribution in [0.3, 0.4) is 0 Å². The van der Waals surface area contributed by atoms with Gasteiger partial charge < -0.3 is 9.80 Å². The van der Waals surface area contributed by atoms with Gasteiger partial charge in [0.15, 0.2) is 0 Å². The summed E-state index contributed by atoms with van der Waals surface area (Å²) in [5.41, 5.74) is 12.8. The minimum Gasteiger partial charge on any atom is -0.311 e. The highest BCUT2D eigenvalue weighted by molar-refractivity contribution is 5.86. The van der Waals surface area contributed by atoms with E-state index in [0.717, 1.165) is 45.3 Å². The van der Waals surface area contributed by atoms with Gasteiger partial charge in [0, 0.05) is 39.5 Å². The quantitative estimate of drug-likeness (QED) is 0.144. The van der Waals surface area contributed by atoms with Gasteiger partial charge in [0.1, 0.15) is 0 Å². The molecule has 10 rings (SSSR count). The number of nitrogens with zero attached hydrogens (tertiary/aromatic N) is 2. The van der Waals surface area contributed by atoms with Crippen molar-refractivity contribution >= 4 is 34.1 Å². The molecule has 2 nitrogen and oxygen atoms in total. The maximum Gasteiger partial charge on any atom is 0.0629 e. The van der Waals surface area contributed by atoms with Crippen LogP contribution in [0.1, 0.15) is 37.3 Å². The van der Waals surface area contributed by atoms with Crippen molar-refractivity contribution in [2.75, 3.05) is 9.80 Å². The van der Waals surface area contributed by atoms with Crippen molar-refractivity contribution in [1.82, 2.24) is 0 Å². The van der Waals surface area contributed by atoms with Crippen LogP contribution in [0.2, 0.25) is 0 Å². The minimum absolute atomic E-state index is 0.0402. The van der Waals surface area contributed by atoms with Gasteiger partial charge >= 0.3 is 0 Å². The van der Waals surface area contributed by atoms with E-state index in [9.17, 15) is 0 Å². The number of hydrogen-bond donors (Lipinski definition) is 0. The molecule has 1 aliphatic carbocycles. The molecular formula is C57H44N2. The lowest BCUT2D eigenvalue weighted by Crippen LogP contribution is -2.16. The fraction of sp³-hybridized carbons (Fsp3) is 0.0526. The maximum absolute atomic E-state index is 8.96. The molecule has 282 valence electrons. The zero-order chi connectivity index (χ0) is 47.6. The number of hydrogen-bond acceptors (Lipinski definition) is 2. The van der Waals surface area contributed by atoms with E-state index < -0.39 is 42.3 Å². The summed E-state index contributed by atoms with van der Waals surface area (Å²) in [5, 5.41) is 0. The second kappa shape index (κ2) is 15.2. The van der Waals surface area contributed by atoms with Gasteiger partial charge in [-0.15, -0.1) is 0 Å². The summed E-state index contributed by atoms with van der Waals surface area (Å²) in [5.74, 6) is 0. The lowest BCUT2D eigenvalue weighted by molar-refractivity contribution is 0.660. The lowest BCUT2D eigenvalue weighted by atomic mass is 9.82. The SMILES string of the molecule is [2H]c1c([2H])c([2H])c(-c2c([2H])c([2H])c(-c3ccc(N(c4ccccc4)c4ccc(-c5ccc(N(c6ccccc6)c6ccc7c(c6)C(C)(C)c6ccccc6-7)cc5)cc4)cc3)c([2H])c2[2H])c([2H])c1[2H]. The summed E-state index contributed by atoms with van der Waals surface area (Å²) in [7, 11) is 0. The molecule has 0 heterocycles. The number of rotatable bonds is 9. The zero-order valence-electron chi connectivity index (χ0n) is 41.6. The normalized spacial score (nSPS) is 14.5. The largest absolute Gasteiger partial charge is 0.311 e. The molecule has 0 radical (unpaired) electrons. The third-order valence-electron chi connectivity index (χ3n) is 11.2. The standard InChI is InChI=1S/C57H44N2/c1-57(2)55-21-13-12-20-53(55)54-39-38-52(40-56(54)57)59(48-18-10-5-11-19-48)51-36-30-46(31-37-51)45-28-34-50(35-29-45)58(47-16-8-4-9-17-47)49-32-26-44(27-33-49)43-24-22-42(23-25-43)41-14-6-3-7-15-41/h3-40H,1-2H3/i3D,6D,7D,14D,15D,22D,23D,24D,25D. The Labute approximate surface area is 360 Å². The molecule has 9 aromatic rings. The number of para-hydroxylation sites is 2. The van der Waals surface area contributed by atoms with Crippen molar-refractivity contribution in [1.29, 1.82) is 0 Å². The van der Waals surface area contributed by atoms with Gasteiger partial charge in [0.2, 0.25) is 0 Å². The molecule has 2 heteroatoms. The van der Waals surface area contributed by atoms with Crippen LogP contribution >= 0.6 is 0 Å². The fourth-order valence-corrected chi connectivity index (χ4v) is 8.22. The van der Waals surface area contributed by atoms with E-state index >= 15 is 0 Å². The third kappa shape index (κ3) is 6.79. The van der Waals surface area contributed by atoms with Crippen LogP contribution in [0, 0.1) is 0 Å². The summed E-state index contributed by atoms with van der Waals surface area (Å²) in [6, 6.07) is 55.4. The lowest BCUT2D eigenvalue weighted by Gasteiger charge is -2.28. The molecule has 0 aliphatic heterocycles. The minimum atomic E-state index is -0.613. The molecule has 0 saturated heterocycles. The number of anilines is 6. The number of fused-ring (bicyclic) bond motifs is 3. The Morgan fingerprint density at radius 1 is 0.322 bits per heavy atom.